The van der Waals surface area contributed by atoms with Crippen LogP contribution in [0.2, 0.25) is 0 Å². The van der Waals surface area contributed by atoms with Crippen molar-refractivity contribution >= 4 is 11.3 Å². The highest BCUT2D eigenvalue weighted by atomic mass is 16.5. The van der Waals surface area contributed by atoms with E-state index in [0.29, 0.717) is 11.6 Å². The van der Waals surface area contributed by atoms with E-state index in [1.807, 2.05) is 30.3 Å². The Morgan fingerprint density at radius 1 is 1.07 bits per heavy atom. The molecule has 0 aromatic heterocycles. The van der Waals surface area contributed by atoms with Gasteiger partial charge in [-0.25, -0.2) is 0 Å². The first-order valence-electron chi connectivity index (χ1n) is 10.5. The average molecular weight is 387 g/mol. The third kappa shape index (κ3) is 3.38. The van der Waals surface area contributed by atoms with Crippen molar-refractivity contribution in [3.63, 3.8) is 0 Å². The summed E-state index contributed by atoms with van der Waals surface area (Å²) in [5.74, 6) is 1.36. The predicted octanol–water partition coefficient (Wildman–Crippen LogP) is 3.14. The highest BCUT2D eigenvalue weighted by molar-refractivity contribution is 5.70. The van der Waals surface area contributed by atoms with Crippen molar-refractivity contribution in [1.82, 2.24) is 0 Å². The summed E-state index contributed by atoms with van der Waals surface area (Å²) in [7, 11) is 0. The fourth-order valence-electron chi connectivity index (χ4n) is 4.49. The molecule has 2 heterocycles. The van der Waals surface area contributed by atoms with Crippen LogP contribution in [0.15, 0.2) is 41.4 Å². The van der Waals surface area contributed by atoms with Gasteiger partial charge in [-0.3, -0.25) is 4.99 Å². The molecule has 5 rings (SSSR count). The molecule has 1 atom stereocenters. The van der Waals surface area contributed by atoms with Crippen LogP contribution in [0.1, 0.15) is 55.2 Å². The Kier molecular flexibility index (Phi) is 4.73. The van der Waals surface area contributed by atoms with Crippen molar-refractivity contribution in [2.75, 3.05) is 18.9 Å². The van der Waals surface area contributed by atoms with Gasteiger partial charge in [0.15, 0.2) is 0 Å². The fraction of sp³-hybridized carbons (Fsp3) is 0.417. The molecule has 1 aliphatic carbocycles. The van der Waals surface area contributed by atoms with Crippen molar-refractivity contribution in [1.29, 1.82) is 5.26 Å². The Labute approximate surface area is 170 Å². The molecule has 1 saturated carbocycles. The maximum absolute atomic E-state index is 10.0. The predicted molar refractivity (Wildman–Crippen MR) is 111 cm³/mol. The second-order valence-corrected chi connectivity index (χ2v) is 8.19. The SMILES string of the molecule is N#CC1=c2c(C3CCC3)cc(OC3CCOCC3)cc2=NC1c1ccc(N)cc1. The van der Waals surface area contributed by atoms with E-state index in [2.05, 4.69) is 12.1 Å². The lowest BCUT2D eigenvalue weighted by Crippen LogP contribution is -2.32. The lowest BCUT2D eigenvalue weighted by molar-refractivity contribution is 0.0255. The molecule has 5 heteroatoms. The number of nitrogens with two attached hydrogens (primary N) is 1. The molecular weight excluding hydrogens is 362 g/mol. The zero-order valence-electron chi connectivity index (χ0n) is 16.4. The molecule has 3 aliphatic rings. The van der Waals surface area contributed by atoms with Gasteiger partial charge in [-0.05, 0) is 48.1 Å². The second kappa shape index (κ2) is 7.53. The molecule has 5 nitrogen and oxygen atoms in total. The molecule has 29 heavy (non-hydrogen) atoms. The van der Waals surface area contributed by atoms with E-state index in [1.165, 1.54) is 24.8 Å². The van der Waals surface area contributed by atoms with Gasteiger partial charge in [0.2, 0.25) is 0 Å². The van der Waals surface area contributed by atoms with Gasteiger partial charge in [0, 0.05) is 29.8 Å². The first-order valence-corrected chi connectivity index (χ1v) is 10.5. The van der Waals surface area contributed by atoms with E-state index in [9.17, 15) is 5.26 Å². The maximum atomic E-state index is 10.0. The lowest BCUT2D eigenvalue weighted by Gasteiger charge is -2.28. The minimum absolute atomic E-state index is 0.185. The molecule has 1 unspecified atom stereocenters. The molecule has 2 aromatic carbocycles. The van der Waals surface area contributed by atoms with Gasteiger partial charge >= 0.3 is 0 Å². The number of hydrogen-bond donors (Lipinski definition) is 1. The number of rotatable bonds is 4. The standard InChI is InChI=1S/C24H25N3O2/c25-14-21-23-20(15-2-1-3-15)12-19(29-18-8-10-28-11-9-18)13-22(23)27-24(21)16-4-6-17(26)7-5-16/h4-7,12-13,15,18,24H,1-3,8-11,26H2. The average Bonchev–Trinajstić information content (AvgIpc) is 3.06. The summed E-state index contributed by atoms with van der Waals surface area (Å²) in [6.07, 6.45) is 5.58. The zero-order valence-corrected chi connectivity index (χ0v) is 16.4. The molecule has 1 saturated heterocycles. The van der Waals surface area contributed by atoms with Crippen LogP contribution < -0.4 is 21.0 Å². The molecule has 0 spiro atoms. The van der Waals surface area contributed by atoms with E-state index < -0.39 is 0 Å². The molecule has 148 valence electrons. The van der Waals surface area contributed by atoms with E-state index in [4.69, 9.17) is 20.2 Å². The Balaban J connectivity index is 1.60. The van der Waals surface area contributed by atoms with Crippen molar-refractivity contribution in [3.8, 4) is 11.8 Å². The smallest absolute Gasteiger partial charge is 0.122 e. The normalized spacial score (nSPS) is 21.8. The first kappa shape index (κ1) is 18.2. The number of hydrogen-bond acceptors (Lipinski definition) is 5. The van der Waals surface area contributed by atoms with Crippen LogP contribution in [0.25, 0.3) is 5.57 Å². The number of anilines is 1. The summed E-state index contributed by atoms with van der Waals surface area (Å²) in [6, 6.07) is 14.0. The van der Waals surface area contributed by atoms with Gasteiger partial charge in [0.25, 0.3) is 0 Å². The summed E-state index contributed by atoms with van der Waals surface area (Å²) in [5.41, 5.74) is 9.53. The molecular formula is C24H25N3O2. The Morgan fingerprint density at radius 3 is 2.48 bits per heavy atom. The Bertz CT molecular complexity index is 1070. The van der Waals surface area contributed by atoms with Crippen LogP contribution in [0.5, 0.6) is 5.75 Å². The van der Waals surface area contributed by atoms with Crippen molar-refractivity contribution in [2.45, 2.75) is 50.2 Å². The number of nitrogen functional groups attached to an aromatic ring is 1. The van der Waals surface area contributed by atoms with E-state index in [0.717, 1.165) is 53.5 Å². The Morgan fingerprint density at radius 2 is 1.83 bits per heavy atom. The summed E-state index contributed by atoms with van der Waals surface area (Å²) >= 11 is 0. The number of fused-ring (bicyclic) bond motifs is 1. The van der Waals surface area contributed by atoms with E-state index in [-0.39, 0.29) is 12.1 Å². The summed E-state index contributed by atoms with van der Waals surface area (Å²) in [6.45, 7) is 1.50. The van der Waals surface area contributed by atoms with Crippen LogP contribution in [0.3, 0.4) is 0 Å². The molecule has 0 bridgehead atoms. The largest absolute Gasteiger partial charge is 0.490 e. The highest BCUT2D eigenvalue weighted by Gasteiger charge is 2.29. The zero-order chi connectivity index (χ0) is 19.8. The van der Waals surface area contributed by atoms with Gasteiger partial charge in [0.1, 0.15) is 17.9 Å². The van der Waals surface area contributed by atoms with Crippen LogP contribution in [0, 0.1) is 11.3 Å². The minimum Gasteiger partial charge on any atom is -0.490 e. The maximum Gasteiger partial charge on any atom is 0.122 e. The third-order valence-corrected chi connectivity index (χ3v) is 6.32. The fourth-order valence-corrected chi connectivity index (χ4v) is 4.49. The molecule has 2 fully saturated rings. The summed E-state index contributed by atoms with van der Waals surface area (Å²) < 4.78 is 11.8. The number of benzene rings is 2. The van der Waals surface area contributed by atoms with Gasteiger partial charge in [0.05, 0.1) is 30.2 Å². The van der Waals surface area contributed by atoms with Crippen LogP contribution >= 0.6 is 0 Å². The summed E-state index contributed by atoms with van der Waals surface area (Å²) in [4.78, 5) is 4.95. The third-order valence-electron chi connectivity index (χ3n) is 6.32. The van der Waals surface area contributed by atoms with Gasteiger partial charge in [-0.1, -0.05) is 18.6 Å². The molecule has 0 amide bonds. The van der Waals surface area contributed by atoms with Gasteiger partial charge in [-0.2, -0.15) is 5.26 Å². The van der Waals surface area contributed by atoms with Crippen molar-refractivity contribution < 1.29 is 9.47 Å². The first-order chi connectivity index (χ1) is 14.2. The molecule has 0 radical (unpaired) electrons. The molecule has 2 aliphatic heterocycles. The monoisotopic (exact) mass is 387 g/mol. The Hall–Kier alpha value is -2.84. The molecule has 2 N–H and O–H groups in total. The lowest BCUT2D eigenvalue weighted by atomic mass is 9.78. The summed E-state index contributed by atoms with van der Waals surface area (Å²) in [5, 5.41) is 11.9. The quantitative estimate of drug-likeness (QED) is 0.817. The second-order valence-electron chi connectivity index (χ2n) is 8.19. The number of nitrogens with zero attached hydrogens (tertiary/aromatic N) is 2. The van der Waals surface area contributed by atoms with Gasteiger partial charge < -0.3 is 15.2 Å². The number of ether oxygens (including phenoxy) is 2. The van der Waals surface area contributed by atoms with Crippen LogP contribution in [-0.4, -0.2) is 19.3 Å². The minimum atomic E-state index is -0.271. The van der Waals surface area contributed by atoms with Crippen molar-refractivity contribution in [2.24, 2.45) is 4.99 Å². The highest BCUT2D eigenvalue weighted by Crippen LogP contribution is 2.37. The van der Waals surface area contributed by atoms with E-state index >= 15 is 0 Å². The van der Waals surface area contributed by atoms with Crippen LogP contribution in [0.4, 0.5) is 5.69 Å². The topological polar surface area (TPSA) is 80.6 Å². The van der Waals surface area contributed by atoms with E-state index in [1.54, 1.807) is 0 Å². The number of nitriles is 1. The van der Waals surface area contributed by atoms with Gasteiger partial charge in [-0.15, -0.1) is 0 Å². The van der Waals surface area contributed by atoms with Crippen LogP contribution in [-0.2, 0) is 4.74 Å². The molecule has 2 aromatic rings. The van der Waals surface area contributed by atoms with Crippen molar-refractivity contribution in [3.05, 3.63) is 58.1 Å².